The van der Waals surface area contributed by atoms with E-state index in [2.05, 4.69) is 0 Å². The van der Waals surface area contributed by atoms with Crippen LogP contribution in [-0.4, -0.2) is 44.1 Å². The number of hydrogen-bond donors (Lipinski definition) is 0. The number of esters is 2. The van der Waals surface area contributed by atoms with E-state index in [0.717, 1.165) is 5.57 Å². The van der Waals surface area contributed by atoms with E-state index in [0.29, 0.717) is 0 Å². The number of ketones is 1. The predicted molar refractivity (Wildman–Crippen MR) is 81.7 cm³/mol. The van der Waals surface area contributed by atoms with Crippen molar-refractivity contribution in [3.8, 4) is 0 Å². The van der Waals surface area contributed by atoms with Crippen molar-refractivity contribution in [2.75, 3.05) is 20.8 Å². The molecular formula is C18H22O6. The van der Waals surface area contributed by atoms with E-state index < -0.39 is 39.7 Å². The van der Waals surface area contributed by atoms with Crippen LogP contribution in [0.5, 0.6) is 0 Å². The van der Waals surface area contributed by atoms with Crippen LogP contribution < -0.4 is 0 Å². The second-order valence-electron chi connectivity index (χ2n) is 8.51. The van der Waals surface area contributed by atoms with Crippen molar-refractivity contribution in [3.05, 3.63) is 11.6 Å². The Labute approximate surface area is 140 Å². The summed E-state index contributed by atoms with van der Waals surface area (Å²) in [5.74, 6) is -1.74. The Morgan fingerprint density at radius 3 is 2.17 bits per heavy atom. The fourth-order valence-electron chi connectivity index (χ4n) is 5.87. The lowest BCUT2D eigenvalue weighted by Crippen LogP contribution is -2.42. The number of fused-ring (bicyclic) bond motifs is 2. The fourth-order valence-corrected chi connectivity index (χ4v) is 5.87. The standard InChI is InChI=1S/C18H22O6/c1-14(2,3)9-7-17(12(20)22-5)15(4)11(19)16(8-24-16)10(9)18(15,17)13(21)23-6/h7,10H,8H2,1-6H3/t10?,15?,16-,17?,18+/m0/s1. The third-order valence-electron chi connectivity index (χ3n) is 6.89. The molecule has 4 aliphatic rings. The van der Waals surface area contributed by atoms with Gasteiger partial charge < -0.3 is 14.2 Å². The van der Waals surface area contributed by atoms with Gasteiger partial charge in [0.05, 0.1) is 26.2 Å². The first-order valence-electron chi connectivity index (χ1n) is 8.13. The first-order valence-corrected chi connectivity index (χ1v) is 8.13. The van der Waals surface area contributed by atoms with Crippen molar-refractivity contribution in [2.24, 2.45) is 27.6 Å². The van der Waals surface area contributed by atoms with Crippen molar-refractivity contribution >= 4 is 17.7 Å². The topological polar surface area (TPSA) is 82.2 Å². The highest BCUT2D eigenvalue weighted by Crippen LogP contribution is 2.94. The molecular weight excluding hydrogens is 312 g/mol. The Kier molecular flexibility index (Phi) is 2.48. The lowest BCUT2D eigenvalue weighted by atomic mass is 9.71. The van der Waals surface area contributed by atoms with Gasteiger partial charge in [0.15, 0.2) is 11.4 Å². The monoisotopic (exact) mass is 334 g/mol. The Balaban J connectivity index is 2.05. The van der Waals surface area contributed by atoms with Gasteiger partial charge in [0.25, 0.3) is 0 Å². The normalized spacial score (nSPS) is 47.3. The molecule has 0 N–H and O–H groups in total. The highest BCUT2D eigenvalue weighted by molar-refractivity contribution is 6.19. The van der Waals surface area contributed by atoms with Crippen LogP contribution in [0.2, 0.25) is 0 Å². The molecule has 6 nitrogen and oxygen atoms in total. The fraction of sp³-hybridized carbons (Fsp3) is 0.722. The van der Waals surface area contributed by atoms with Crippen LogP contribution in [0.25, 0.3) is 0 Å². The van der Waals surface area contributed by atoms with Crippen molar-refractivity contribution < 1.29 is 28.6 Å². The molecule has 0 radical (unpaired) electrons. The van der Waals surface area contributed by atoms with Crippen molar-refractivity contribution in [1.82, 2.24) is 0 Å². The molecule has 0 aromatic heterocycles. The third kappa shape index (κ3) is 1.09. The number of ether oxygens (including phenoxy) is 3. The average Bonchev–Trinajstić information content (AvgIpc) is 3.35. The number of carbonyl (C=O) groups is 3. The van der Waals surface area contributed by atoms with Gasteiger partial charge in [0.1, 0.15) is 10.8 Å². The zero-order valence-electron chi connectivity index (χ0n) is 14.8. The van der Waals surface area contributed by atoms with Crippen LogP contribution in [0, 0.1) is 27.6 Å². The summed E-state index contributed by atoms with van der Waals surface area (Å²) in [5, 5.41) is 0. The molecule has 1 spiro atoms. The molecule has 6 heteroatoms. The smallest absolute Gasteiger partial charge is 0.317 e. The number of Topliss-reactive ketones (excluding diaryl/α,β-unsaturated/α-hetero) is 1. The summed E-state index contributed by atoms with van der Waals surface area (Å²) in [6.45, 7) is 8.00. The molecule has 0 bridgehead atoms. The van der Waals surface area contributed by atoms with Crippen LogP contribution >= 0.6 is 0 Å². The van der Waals surface area contributed by atoms with Crippen molar-refractivity contribution in [3.63, 3.8) is 0 Å². The summed E-state index contributed by atoms with van der Waals surface area (Å²) in [5.41, 5.74) is -4.11. The molecule has 4 rings (SSSR count). The predicted octanol–water partition coefficient (Wildman–Crippen LogP) is 1.28. The van der Waals surface area contributed by atoms with Crippen LogP contribution in [0.3, 0.4) is 0 Å². The molecule has 1 aliphatic heterocycles. The first-order chi connectivity index (χ1) is 11.0. The minimum Gasteiger partial charge on any atom is -0.469 e. The van der Waals surface area contributed by atoms with E-state index in [1.165, 1.54) is 14.2 Å². The van der Waals surface area contributed by atoms with Crippen LogP contribution in [0.15, 0.2) is 11.6 Å². The Bertz CT molecular complexity index is 739. The van der Waals surface area contributed by atoms with Gasteiger partial charge in [-0.25, -0.2) is 0 Å². The molecule has 3 unspecified atom stereocenters. The number of rotatable bonds is 2. The van der Waals surface area contributed by atoms with Crippen LogP contribution in [0.1, 0.15) is 27.7 Å². The number of methoxy groups -OCH3 is 2. The van der Waals surface area contributed by atoms with E-state index in [9.17, 15) is 14.4 Å². The third-order valence-corrected chi connectivity index (χ3v) is 6.89. The average molecular weight is 334 g/mol. The van der Waals surface area contributed by atoms with Gasteiger partial charge in [-0.1, -0.05) is 32.4 Å². The lowest BCUT2D eigenvalue weighted by molar-refractivity contribution is -0.157. The highest BCUT2D eigenvalue weighted by atomic mass is 16.6. The molecule has 130 valence electrons. The molecule has 2 saturated carbocycles. The summed E-state index contributed by atoms with van der Waals surface area (Å²) < 4.78 is 15.7. The van der Waals surface area contributed by atoms with E-state index >= 15 is 0 Å². The zero-order valence-corrected chi connectivity index (χ0v) is 14.8. The van der Waals surface area contributed by atoms with Gasteiger partial charge >= 0.3 is 11.9 Å². The molecule has 3 fully saturated rings. The number of carbonyl (C=O) groups excluding carboxylic acids is 3. The van der Waals surface area contributed by atoms with Crippen LogP contribution in [-0.2, 0) is 28.6 Å². The summed E-state index contributed by atoms with van der Waals surface area (Å²) in [4.78, 5) is 39.0. The van der Waals surface area contributed by atoms with Crippen LogP contribution in [0.4, 0.5) is 0 Å². The molecule has 0 aromatic carbocycles. The summed E-state index contributed by atoms with van der Waals surface area (Å²) in [6.07, 6.45) is 1.81. The van der Waals surface area contributed by atoms with E-state index in [4.69, 9.17) is 14.2 Å². The Hall–Kier alpha value is -1.69. The van der Waals surface area contributed by atoms with E-state index in [1.807, 2.05) is 26.8 Å². The van der Waals surface area contributed by atoms with Gasteiger partial charge in [-0.05, 0) is 12.3 Å². The maximum atomic E-state index is 13.3. The Morgan fingerprint density at radius 1 is 1.21 bits per heavy atom. The quantitative estimate of drug-likeness (QED) is 0.430. The van der Waals surface area contributed by atoms with Gasteiger partial charge in [-0.3, -0.25) is 14.4 Å². The molecule has 24 heavy (non-hydrogen) atoms. The first kappa shape index (κ1) is 15.8. The summed E-state index contributed by atoms with van der Waals surface area (Å²) in [7, 11) is 2.57. The highest BCUT2D eigenvalue weighted by Gasteiger charge is 3.07. The maximum absolute atomic E-state index is 13.3. The SMILES string of the molecule is COC(=O)C12C=C(C(C)(C)C)C3[C@@]1(C(=O)OC)C2(C)C(=O)[C@]31CO1. The maximum Gasteiger partial charge on any atom is 0.317 e. The zero-order chi connectivity index (χ0) is 17.9. The molecule has 0 aromatic rings. The van der Waals surface area contributed by atoms with Gasteiger partial charge in [0, 0.05) is 5.92 Å². The van der Waals surface area contributed by atoms with E-state index in [-0.39, 0.29) is 17.8 Å². The molecule has 1 heterocycles. The van der Waals surface area contributed by atoms with Gasteiger partial charge in [-0.15, -0.1) is 0 Å². The van der Waals surface area contributed by atoms with Gasteiger partial charge in [0.2, 0.25) is 0 Å². The minimum atomic E-state index is -1.29. The van der Waals surface area contributed by atoms with Crippen molar-refractivity contribution in [1.29, 1.82) is 0 Å². The molecule has 0 amide bonds. The second kappa shape index (κ2) is 3.77. The van der Waals surface area contributed by atoms with Gasteiger partial charge in [-0.2, -0.15) is 0 Å². The van der Waals surface area contributed by atoms with E-state index in [1.54, 1.807) is 6.92 Å². The number of hydrogen-bond acceptors (Lipinski definition) is 6. The van der Waals surface area contributed by atoms with Crippen molar-refractivity contribution in [2.45, 2.75) is 33.3 Å². The largest absolute Gasteiger partial charge is 0.469 e. The molecule has 3 aliphatic carbocycles. The minimum absolute atomic E-state index is 0.175. The Morgan fingerprint density at radius 2 is 1.75 bits per heavy atom. The molecule has 1 saturated heterocycles. The second-order valence-corrected chi connectivity index (χ2v) is 8.51. The summed E-state index contributed by atoms with van der Waals surface area (Å²) >= 11 is 0. The lowest BCUT2D eigenvalue weighted by Gasteiger charge is -2.31. The molecule has 5 atom stereocenters. The number of epoxide rings is 1. The summed E-state index contributed by atoms with van der Waals surface area (Å²) in [6, 6.07) is 0.